The quantitative estimate of drug-likeness (QED) is 0.826. The summed E-state index contributed by atoms with van der Waals surface area (Å²) in [5.74, 6) is 0. The topological polar surface area (TPSA) is 35.5 Å². The molecule has 1 heterocycles. The minimum absolute atomic E-state index is 0.369. The van der Waals surface area contributed by atoms with Crippen LogP contribution in [0.1, 0.15) is 22.8 Å². The maximum absolute atomic E-state index is 10.3. The molecule has 1 aromatic rings. The monoisotopic (exact) mass is 234 g/mol. The van der Waals surface area contributed by atoms with Crippen LogP contribution in [0.3, 0.4) is 0 Å². The summed E-state index contributed by atoms with van der Waals surface area (Å²) in [7, 11) is 0. The van der Waals surface area contributed by atoms with Gasteiger partial charge in [-0.25, -0.2) is 0 Å². The van der Waals surface area contributed by atoms with Gasteiger partial charge in [-0.15, -0.1) is 0 Å². The molecule has 0 aliphatic carbocycles. The molecule has 1 aliphatic rings. The Bertz CT molecular complexity index is 352. The molecule has 17 heavy (non-hydrogen) atoms. The van der Waals surface area contributed by atoms with E-state index in [1.54, 1.807) is 0 Å². The summed E-state index contributed by atoms with van der Waals surface area (Å²) in [5.41, 5.74) is 3.49. The SMILES string of the molecule is Cc1cc(C)cc(C(O)CN2CCNCC2)c1. The van der Waals surface area contributed by atoms with Gasteiger partial charge in [-0.05, 0) is 19.4 Å². The fourth-order valence-corrected chi connectivity index (χ4v) is 2.45. The van der Waals surface area contributed by atoms with Gasteiger partial charge in [0, 0.05) is 32.7 Å². The standard InChI is InChI=1S/C14H22N2O/c1-11-7-12(2)9-13(8-11)14(17)10-16-5-3-15-4-6-16/h7-9,14-15,17H,3-6,10H2,1-2H3. The number of benzene rings is 1. The Labute approximate surface area is 103 Å². The Balaban J connectivity index is 2.00. The van der Waals surface area contributed by atoms with Crippen molar-refractivity contribution in [2.45, 2.75) is 20.0 Å². The number of β-amino-alcohol motifs (C(OH)–C–C–N with tert-alkyl or cyclic N) is 1. The average Bonchev–Trinajstić information content (AvgIpc) is 2.29. The van der Waals surface area contributed by atoms with Gasteiger partial charge in [-0.2, -0.15) is 0 Å². The van der Waals surface area contributed by atoms with E-state index in [1.807, 2.05) is 0 Å². The van der Waals surface area contributed by atoms with Crippen molar-refractivity contribution in [3.63, 3.8) is 0 Å². The molecule has 2 N–H and O–H groups in total. The van der Waals surface area contributed by atoms with Crippen LogP contribution < -0.4 is 5.32 Å². The number of hydrogen-bond acceptors (Lipinski definition) is 3. The Morgan fingerprint density at radius 1 is 1.18 bits per heavy atom. The molecule has 0 spiro atoms. The number of nitrogens with one attached hydrogen (secondary N) is 1. The van der Waals surface area contributed by atoms with E-state index in [1.165, 1.54) is 11.1 Å². The molecule has 0 saturated carbocycles. The molecule has 0 aromatic heterocycles. The maximum atomic E-state index is 10.3. The average molecular weight is 234 g/mol. The van der Waals surface area contributed by atoms with Crippen LogP contribution in [-0.4, -0.2) is 42.7 Å². The van der Waals surface area contributed by atoms with Crippen LogP contribution in [0.15, 0.2) is 18.2 Å². The van der Waals surface area contributed by atoms with Gasteiger partial charge in [0.15, 0.2) is 0 Å². The molecule has 2 rings (SSSR count). The zero-order chi connectivity index (χ0) is 12.3. The molecule has 1 unspecified atom stereocenters. The minimum Gasteiger partial charge on any atom is -0.387 e. The van der Waals surface area contributed by atoms with Crippen LogP contribution in [0.5, 0.6) is 0 Å². The van der Waals surface area contributed by atoms with Crippen LogP contribution in [0, 0.1) is 13.8 Å². The van der Waals surface area contributed by atoms with Gasteiger partial charge in [0.05, 0.1) is 6.10 Å². The van der Waals surface area contributed by atoms with Crippen LogP contribution in [0.4, 0.5) is 0 Å². The van der Waals surface area contributed by atoms with Gasteiger partial charge in [0.25, 0.3) is 0 Å². The Kier molecular flexibility index (Phi) is 4.15. The van der Waals surface area contributed by atoms with E-state index in [4.69, 9.17) is 0 Å². The summed E-state index contributed by atoms with van der Waals surface area (Å²) >= 11 is 0. The number of aliphatic hydroxyl groups is 1. The van der Waals surface area contributed by atoms with E-state index >= 15 is 0 Å². The second kappa shape index (κ2) is 5.63. The van der Waals surface area contributed by atoms with Gasteiger partial charge in [-0.3, -0.25) is 4.90 Å². The highest BCUT2D eigenvalue weighted by Gasteiger charge is 2.15. The molecule has 1 aromatic carbocycles. The highest BCUT2D eigenvalue weighted by Crippen LogP contribution is 2.18. The smallest absolute Gasteiger partial charge is 0.0917 e. The largest absolute Gasteiger partial charge is 0.387 e. The number of rotatable bonds is 3. The fraction of sp³-hybridized carbons (Fsp3) is 0.571. The van der Waals surface area contributed by atoms with Gasteiger partial charge < -0.3 is 10.4 Å². The van der Waals surface area contributed by atoms with Crippen LogP contribution in [-0.2, 0) is 0 Å². The summed E-state index contributed by atoms with van der Waals surface area (Å²) in [6.07, 6.45) is -0.369. The van der Waals surface area contributed by atoms with Crippen molar-refractivity contribution in [2.24, 2.45) is 0 Å². The lowest BCUT2D eigenvalue weighted by Gasteiger charge is -2.29. The van der Waals surface area contributed by atoms with E-state index in [-0.39, 0.29) is 6.10 Å². The molecule has 3 heteroatoms. The summed E-state index contributed by atoms with van der Waals surface area (Å²) in [5, 5.41) is 13.6. The van der Waals surface area contributed by atoms with Gasteiger partial charge in [0.2, 0.25) is 0 Å². The van der Waals surface area contributed by atoms with Crippen molar-refractivity contribution >= 4 is 0 Å². The fourth-order valence-electron chi connectivity index (χ4n) is 2.45. The highest BCUT2D eigenvalue weighted by molar-refractivity contribution is 5.30. The Morgan fingerprint density at radius 2 is 1.76 bits per heavy atom. The summed E-state index contributed by atoms with van der Waals surface area (Å²) in [4.78, 5) is 2.32. The predicted octanol–water partition coefficient (Wildman–Crippen LogP) is 1.24. The zero-order valence-corrected chi connectivity index (χ0v) is 10.7. The Morgan fingerprint density at radius 3 is 2.35 bits per heavy atom. The molecule has 1 aliphatic heterocycles. The van der Waals surface area contributed by atoms with E-state index in [2.05, 4.69) is 42.3 Å². The molecule has 1 saturated heterocycles. The van der Waals surface area contributed by atoms with Gasteiger partial charge in [0.1, 0.15) is 0 Å². The molecule has 0 amide bonds. The third-order valence-electron chi connectivity index (χ3n) is 3.27. The second-order valence-corrected chi connectivity index (χ2v) is 4.99. The first kappa shape index (κ1) is 12.6. The number of piperazine rings is 1. The molecule has 0 bridgehead atoms. The minimum atomic E-state index is -0.369. The summed E-state index contributed by atoms with van der Waals surface area (Å²) < 4.78 is 0. The van der Waals surface area contributed by atoms with Crippen molar-refractivity contribution in [1.82, 2.24) is 10.2 Å². The van der Waals surface area contributed by atoms with E-state index in [0.29, 0.717) is 0 Å². The molecule has 94 valence electrons. The van der Waals surface area contributed by atoms with E-state index in [9.17, 15) is 5.11 Å². The normalized spacial score (nSPS) is 19.2. The zero-order valence-electron chi connectivity index (χ0n) is 10.7. The van der Waals surface area contributed by atoms with Crippen molar-refractivity contribution < 1.29 is 5.11 Å². The lowest BCUT2D eigenvalue weighted by molar-refractivity contribution is 0.105. The predicted molar refractivity (Wildman–Crippen MR) is 70.2 cm³/mol. The van der Waals surface area contributed by atoms with Crippen molar-refractivity contribution in [3.8, 4) is 0 Å². The van der Waals surface area contributed by atoms with Crippen molar-refractivity contribution in [2.75, 3.05) is 32.7 Å². The first-order valence-corrected chi connectivity index (χ1v) is 6.34. The lowest BCUT2D eigenvalue weighted by Crippen LogP contribution is -2.44. The Hall–Kier alpha value is -0.900. The van der Waals surface area contributed by atoms with Crippen LogP contribution >= 0.6 is 0 Å². The molecule has 1 atom stereocenters. The first-order chi connectivity index (χ1) is 8.15. The molecule has 1 fully saturated rings. The van der Waals surface area contributed by atoms with E-state index < -0.39 is 0 Å². The maximum Gasteiger partial charge on any atom is 0.0917 e. The molecular formula is C14H22N2O. The lowest BCUT2D eigenvalue weighted by atomic mass is 10.0. The summed E-state index contributed by atoms with van der Waals surface area (Å²) in [6.45, 7) is 9.01. The highest BCUT2D eigenvalue weighted by atomic mass is 16.3. The van der Waals surface area contributed by atoms with E-state index in [0.717, 1.165) is 38.3 Å². The van der Waals surface area contributed by atoms with Crippen LogP contribution in [0.25, 0.3) is 0 Å². The number of hydrogen-bond donors (Lipinski definition) is 2. The van der Waals surface area contributed by atoms with Crippen molar-refractivity contribution in [1.29, 1.82) is 0 Å². The third kappa shape index (κ3) is 3.53. The molecule has 0 radical (unpaired) electrons. The van der Waals surface area contributed by atoms with Crippen LogP contribution in [0.2, 0.25) is 0 Å². The van der Waals surface area contributed by atoms with Crippen molar-refractivity contribution in [3.05, 3.63) is 34.9 Å². The molecular weight excluding hydrogens is 212 g/mol. The summed E-state index contributed by atoms with van der Waals surface area (Å²) in [6, 6.07) is 6.31. The third-order valence-corrected chi connectivity index (χ3v) is 3.27. The molecule has 3 nitrogen and oxygen atoms in total. The second-order valence-electron chi connectivity index (χ2n) is 4.99. The van der Waals surface area contributed by atoms with Gasteiger partial charge >= 0.3 is 0 Å². The van der Waals surface area contributed by atoms with Gasteiger partial charge in [-0.1, -0.05) is 29.3 Å². The number of nitrogens with zero attached hydrogens (tertiary/aromatic N) is 1. The first-order valence-electron chi connectivity index (χ1n) is 6.34. The number of aryl methyl sites for hydroxylation is 2. The number of aliphatic hydroxyl groups excluding tert-OH is 1.